The van der Waals surface area contributed by atoms with Crippen molar-refractivity contribution in [1.29, 1.82) is 0 Å². The molecular formula is C17H21N3O2. The molecule has 116 valence electrons. The van der Waals surface area contributed by atoms with E-state index in [4.69, 9.17) is 4.74 Å². The van der Waals surface area contributed by atoms with E-state index in [-0.39, 0.29) is 12.1 Å². The molecule has 2 heterocycles. The van der Waals surface area contributed by atoms with Gasteiger partial charge in [-0.25, -0.2) is 4.79 Å². The number of carbonyl (C=O) groups is 1. The lowest BCUT2D eigenvalue weighted by Crippen LogP contribution is -2.47. The largest absolute Gasteiger partial charge is 0.375 e. The summed E-state index contributed by atoms with van der Waals surface area (Å²) in [6.45, 7) is 5.97. The second kappa shape index (κ2) is 6.32. The standard InChI is InChI=1S/C17H21N3O2/c1-3-13-11-20(9-10-22-13)17(21)19-15-7-6-12(2)16-14(15)5-4-8-18-16/h4-8,13H,3,9-11H2,1-2H3,(H,19,21). The number of urea groups is 1. The first-order chi connectivity index (χ1) is 10.7. The van der Waals surface area contributed by atoms with Gasteiger partial charge in [-0.3, -0.25) is 4.98 Å². The Labute approximate surface area is 130 Å². The smallest absolute Gasteiger partial charge is 0.322 e. The highest BCUT2D eigenvalue weighted by Gasteiger charge is 2.23. The lowest BCUT2D eigenvalue weighted by molar-refractivity contribution is -0.0134. The summed E-state index contributed by atoms with van der Waals surface area (Å²) in [5.74, 6) is 0. The average molecular weight is 299 g/mol. The van der Waals surface area contributed by atoms with Crippen LogP contribution in [-0.2, 0) is 4.74 Å². The van der Waals surface area contributed by atoms with Crippen LogP contribution in [0.2, 0.25) is 0 Å². The van der Waals surface area contributed by atoms with E-state index in [0.29, 0.717) is 19.7 Å². The molecule has 0 radical (unpaired) electrons. The van der Waals surface area contributed by atoms with Crippen molar-refractivity contribution in [1.82, 2.24) is 9.88 Å². The van der Waals surface area contributed by atoms with Crippen LogP contribution in [0.4, 0.5) is 10.5 Å². The van der Waals surface area contributed by atoms with Crippen LogP contribution in [-0.4, -0.2) is 41.7 Å². The van der Waals surface area contributed by atoms with Crippen molar-refractivity contribution in [3.05, 3.63) is 36.0 Å². The molecule has 1 aliphatic rings. The van der Waals surface area contributed by atoms with Gasteiger partial charge in [-0.2, -0.15) is 0 Å². The molecular weight excluding hydrogens is 278 g/mol. The molecule has 1 aromatic heterocycles. The van der Waals surface area contributed by atoms with E-state index in [2.05, 4.69) is 17.2 Å². The van der Waals surface area contributed by atoms with Gasteiger partial charge in [0.25, 0.3) is 0 Å². The Morgan fingerprint density at radius 1 is 1.45 bits per heavy atom. The van der Waals surface area contributed by atoms with Gasteiger partial charge >= 0.3 is 6.03 Å². The molecule has 0 saturated carbocycles. The average Bonchev–Trinajstić information content (AvgIpc) is 2.57. The van der Waals surface area contributed by atoms with E-state index in [1.807, 2.05) is 36.1 Å². The molecule has 2 amide bonds. The van der Waals surface area contributed by atoms with Crippen molar-refractivity contribution in [2.24, 2.45) is 0 Å². The fraction of sp³-hybridized carbons (Fsp3) is 0.412. The SMILES string of the molecule is CCC1CN(C(=O)Nc2ccc(C)c3ncccc23)CCO1. The summed E-state index contributed by atoms with van der Waals surface area (Å²) in [4.78, 5) is 18.7. The highest BCUT2D eigenvalue weighted by atomic mass is 16.5. The number of carbonyl (C=O) groups excluding carboxylic acids is 1. The molecule has 5 nitrogen and oxygen atoms in total. The number of rotatable bonds is 2. The van der Waals surface area contributed by atoms with Crippen LogP contribution < -0.4 is 5.32 Å². The predicted molar refractivity (Wildman–Crippen MR) is 87.1 cm³/mol. The number of benzene rings is 1. The maximum Gasteiger partial charge on any atom is 0.322 e. The molecule has 0 aliphatic carbocycles. The molecule has 1 aliphatic heterocycles. The van der Waals surface area contributed by atoms with Crippen molar-refractivity contribution in [2.75, 3.05) is 25.0 Å². The number of amides is 2. The normalized spacial score (nSPS) is 18.5. The van der Waals surface area contributed by atoms with Gasteiger partial charge in [0.1, 0.15) is 0 Å². The van der Waals surface area contributed by atoms with Gasteiger partial charge in [0, 0.05) is 24.7 Å². The minimum absolute atomic E-state index is 0.0734. The summed E-state index contributed by atoms with van der Waals surface area (Å²) in [5.41, 5.74) is 2.83. The minimum Gasteiger partial charge on any atom is -0.375 e. The summed E-state index contributed by atoms with van der Waals surface area (Å²) < 4.78 is 5.61. The fourth-order valence-corrected chi connectivity index (χ4v) is 2.77. The third-order valence-electron chi connectivity index (χ3n) is 4.09. The Hall–Kier alpha value is -2.14. The number of hydrogen-bond donors (Lipinski definition) is 1. The van der Waals surface area contributed by atoms with Gasteiger partial charge in [0.05, 0.1) is 23.9 Å². The molecule has 1 saturated heterocycles. The Bertz CT molecular complexity index is 687. The summed E-state index contributed by atoms with van der Waals surface area (Å²) >= 11 is 0. The summed E-state index contributed by atoms with van der Waals surface area (Å²) in [7, 11) is 0. The van der Waals surface area contributed by atoms with E-state index in [1.165, 1.54) is 0 Å². The Morgan fingerprint density at radius 2 is 2.32 bits per heavy atom. The molecule has 0 spiro atoms. The first kappa shape index (κ1) is 14.8. The highest BCUT2D eigenvalue weighted by Crippen LogP contribution is 2.25. The van der Waals surface area contributed by atoms with Crippen molar-refractivity contribution in [3.63, 3.8) is 0 Å². The molecule has 1 fully saturated rings. The van der Waals surface area contributed by atoms with Crippen molar-refractivity contribution < 1.29 is 9.53 Å². The summed E-state index contributed by atoms with van der Waals surface area (Å²) in [5, 5.41) is 3.99. The predicted octanol–water partition coefficient (Wildman–Crippen LogP) is 3.19. The monoisotopic (exact) mass is 299 g/mol. The molecule has 2 aromatic rings. The zero-order valence-corrected chi connectivity index (χ0v) is 13.0. The number of ether oxygens (including phenoxy) is 1. The van der Waals surface area contributed by atoms with E-state index in [1.54, 1.807) is 6.20 Å². The van der Waals surface area contributed by atoms with Crippen LogP contribution in [0.15, 0.2) is 30.5 Å². The van der Waals surface area contributed by atoms with Gasteiger partial charge in [-0.05, 0) is 37.1 Å². The number of aromatic nitrogens is 1. The van der Waals surface area contributed by atoms with Gasteiger partial charge in [0.2, 0.25) is 0 Å². The second-order valence-corrected chi connectivity index (χ2v) is 5.61. The maximum absolute atomic E-state index is 12.5. The third-order valence-corrected chi connectivity index (χ3v) is 4.09. The first-order valence-electron chi connectivity index (χ1n) is 7.71. The lowest BCUT2D eigenvalue weighted by atomic mass is 10.1. The van der Waals surface area contributed by atoms with E-state index < -0.39 is 0 Å². The second-order valence-electron chi connectivity index (χ2n) is 5.61. The number of fused-ring (bicyclic) bond motifs is 1. The summed E-state index contributed by atoms with van der Waals surface area (Å²) in [6.07, 6.45) is 2.83. The van der Waals surface area contributed by atoms with Crippen LogP contribution >= 0.6 is 0 Å². The molecule has 3 rings (SSSR count). The summed E-state index contributed by atoms with van der Waals surface area (Å²) in [6, 6.07) is 7.72. The van der Waals surface area contributed by atoms with Gasteiger partial charge in [-0.1, -0.05) is 13.0 Å². The minimum atomic E-state index is -0.0734. The van der Waals surface area contributed by atoms with Crippen molar-refractivity contribution in [2.45, 2.75) is 26.4 Å². The molecule has 22 heavy (non-hydrogen) atoms. The van der Waals surface area contributed by atoms with Crippen LogP contribution in [0.3, 0.4) is 0 Å². The van der Waals surface area contributed by atoms with E-state index >= 15 is 0 Å². The van der Waals surface area contributed by atoms with Gasteiger partial charge in [0.15, 0.2) is 0 Å². The molecule has 0 bridgehead atoms. The number of nitrogens with one attached hydrogen (secondary N) is 1. The Balaban J connectivity index is 1.81. The van der Waals surface area contributed by atoms with E-state index in [9.17, 15) is 4.79 Å². The van der Waals surface area contributed by atoms with Crippen LogP contribution in [0.25, 0.3) is 10.9 Å². The molecule has 1 N–H and O–H groups in total. The topological polar surface area (TPSA) is 54.5 Å². The number of morpholine rings is 1. The van der Waals surface area contributed by atoms with E-state index in [0.717, 1.165) is 28.6 Å². The Morgan fingerprint density at radius 3 is 3.14 bits per heavy atom. The molecule has 1 atom stereocenters. The highest BCUT2D eigenvalue weighted by molar-refractivity contribution is 6.01. The maximum atomic E-state index is 12.5. The number of anilines is 1. The number of aryl methyl sites for hydroxylation is 1. The van der Waals surface area contributed by atoms with Crippen LogP contribution in [0, 0.1) is 6.92 Å². The van der Waals surface area contributed by atoms with Crippen molar-refractivity contribution in [3.8, 4) is 0 Å². The van der Waals surface area contributed by atoms with Gasteiger partial charge in [-0.15, -0.1) is 0 Å². The van der Waals surface area contributed by atoms with Crippen LogP contribution in [0.1, 0.15) is 18.9 Å². The third kappa shape index (κ3) is 2.90. The lowest BCUT2D eigenvalue weighted by Gasteiger charge is -2.32. The Kier molecular flexibility index (Phi) is 4.24. The zero-order chi connectivity index (χ0) is 15.5. The van der Waals surface area contributed by atoms with Crippen LogP contribution in [0.5, 0.6) is 0 Å². The zero-order valence-electron chi connectivity index (χ0n) is 13.0. The fourth-order valence-electron chi connectivity index (χ4n) is 2.77. The quantitative estimate of drug-likeness (QED) is 0.926. The number of hydrogen-bond acceptors (Lipinski definition) is 3. The molecule has 1 unspecified atom stereocenters. The van der Waals surface area contributed by atoms with Gasteiger partial charge < -0.3 is 15.0 Å². The molecule has 5 heteroatoms. The first-order valence-corrected chi connectivity index (χ1v) is 7.71. The number of nitrogens with zero attached hydrogens (tertiary/aromatic N) is 2. The van der Waals surface area contributed by atoms with Crippen molar-refractivity contribution >= 4 is 22.6 Å². The number of pyridine rings is 1. The molecule has 1 aromatic carbocycles.